The number of aromatic nitrogens is 3. The van der Waals surface area contributed by atoms with Crippen LogP contribution in [0.4, 0.5) is 10.1 Å². The number of allylic oxidation sites excluding steroid dienone is 1. The zero-order chi connectivity index (χ0) is 24.0. The van der Waals surface area contributed by atoms with E-state index in [9.17, 15) is 14.0 Å². The molecule has 9 heteroatoms. The van der Waals surface area contributed by atoms with Gasteiger partial charge in [-0.3, -0.25) is 9.59 Å². The summed E-state index contributed by atoms with van der Waals surface area (Å²) >= 11 is 1.24. The minimum atomic E-state index is -0.596. The molecule has 0 aliphatic carbocycles. The van der Waals surface area contributed by atoms with Gasteiger partial charge in [-0.15, -0.1) is 16.8 Å². The van der Waals surface area contributed by atoms with Crippen LogP contribution in [-0.2, 0) is 11.3 Å². The van der Waals surface area contributed by atoms with E-state index in [1.165, 1.54) is 30.0 Å². The van der Waals surface area contributed by atoms with E-state index in [1.54, 1.807) is 23.6 Å². The van der Waals surface area contributed by atoms with Crippen molar-refractivity contribution in [3.8, 4) is 0 Å². The molecule has 0 saturated heterocycles. The largest absolute Gasteiger partial charge is 0.342 e. The topological polar surface area (TPSA) is 88.9 Å². The Labute approximate surface area is 196 Å². The number of nitrogens with zero attached hydrogens (tertiary/aromatic N) is 3. The minimum absolute atomic E-state index is 0.0445. The highest BCUT2D eigenvalue weighted by Gasteiger charge is 2.21. The van der Waals surface area contributed by atoms with Gasteiger partial charge in [0.2, 0.25) is 5.91 Å². The van der Waals surface area contributed by atoms with E-state index in [4.69, 9.17) is 0 Å². The molecule has 0 spiro atoms. The Kier molecular flexibility index (Phi) is 8.00. The fourth-order valence-electron chi connectivity index (χ4n) is 3.33. The molecule has 0 saturated carbocycles. The highest BCUT2D eigenvalue weighted by molar-refractivity contribution is 7.99. The minimum Gasteiger partial charge on any atom is -0.342 e. The molecule has 2 aromatic carbocycles. The Morgan fingerprint density at radius 2 is 1.85 bits per heavy atom. The summed E-state index contributed by atoms with van der Waals surface area (Å²) in [5, 5.41) is 14.6. The number of anilines is 1. The number of hydrogen-bond acceptors (Lipinski definition) is 5. The van der Waals surface area contributed by atoms with Gasteiger partial charge in [-0.2, -0.15) is 0 Å². The quantitative estimate of drug-likeness (QED) is 0.359. The van der Waals surface area contributed by atoms with Gasteiger partial charge in [0.15, 0.2) is 11.0 Å². The summed E-state index contributed by atoms with van der Waals surface area (Å²) in [7, 11) is 0. The number of thioether (sulfide) groups is 1. The Bertz CT molecular complexity index is 1160. The molecule has 3 aromatic rings. The van der Waals surface area contributed by atoms with E-state index in [-0.39, 0.29) is 17.2 Å². The van der Waals surface area contributed by atoms with Crippen LogP contribution in [0.1, 0.15) is 40.3 Å². The average molecular weight is 468 g/mol. The Morgan fingerprint density at radius 1 is 1.15 bits per heavy atom. The van der Waals surface area contributed by atoms with Gasteiger partial charge in [-0.05, 0) is 44.0 Å². The van der Waals surface area contributed by atoms with Crippen LogP contribution >= 0.6 is 11.8 Å². The monoisotopic (exact) mass is 467 g/mol. The summed E-state index contributed by atoms with van der Waals surface area (Å²) in [5.41, 5.74) is 2.74. The van der Waals surface area contributed by atoms with Gasteiger partial charge in [0, 0.05) is 12.2 Å². The van der Waals surface area contributed by atoms with Crippen LogP contribution in [-0.4, -0.2) is 32.3 Å². The van der Waals surface area contributed by atoms with Crippen LogP contribution in [0.2, 0.25) is 0 Å². The van der Waals surface area contributed by atoms with Gasteiger partial charge in [-0.1, -0.05) is 48.2 Å². The fraction of sp³-hybridized carbons (Fsp3) is 0.250. The fourth-order valence-corrected chi connectivity index (χ4v) is 4.08. The summed E-state index contributed by atoms with van der Waals surface area (Å²) in [4.78, 5) is 25.0. The van der Waals surface area contributed by atoms with Crippen LogP contribution in [0.5, 0.6) is 0 Å². The lowest BCUT2D eigenvalue weighted by Crippen LogP contribution is -2.29. The lowest BCUT2D eigenvalue weighted by Gasteiger charge is -2.15. The van der Waals surface area contributed by atoms with Crippen molar-refractivity contribution >= 4 is 29.3 Å². The molecule has 0 bridgehead atoms. The molecule has 33 heavy (non-hydrogen) atoms. The summed E-state index contributed by atoms with van der Waals surface area (Å²) in [5.74, 6) is -0.680. The molecular formula is C24H26FN5O2S. The molecule has 1 aromatic heterocycles. The van der Waals surface area contributed by atoms with Crippen molar-refractivity contribution in [2.75, 3.05) is 11.1 Å². The Morgan fingerprint density at radius 3 is 2.52 bits per heavy atom. The van der Waals surface area contributed by atoms with Crippen molar-refractivity contribution < 1.29 is 14.0 Å². The third-order valence-corrected chi connectivity index (χ3v) is 5.96. The maximum absolute atomic E-state index is 13.9. The number of benzene rings is 2. The number of carbonyl (C=O) groups excluding carboxylic acids is 2. The SMILES string of the molecule is C=CCn1c(SCC(=O)Nc2c(C)cccc2C)nnc1C(C)NC(=O)c1ccccc1F. The standard InChI is InChI=1S/C24H26FN5O2S/c1-5-13-30-22(17(4)26-23(32)18-11-6-7-12-19(18)25)28-29-24(30)33-14-20(31)27-21-15(2)9-8-10-16(21)3/h5-12,17H,1,13-14H2,2-4H3,(H,26,32)(H,27,31). The molecule has 172 valence electrons. The highest BCUT2D eigenvalue weighted by Crippen LogP contribution is 2.23. The first-order valence-corrected chi connectivity index (χ1v) is 11.4. The molecule has 7 nitrogen and oxygen atoms in total. The highest BCUT2D eigenvalue weighted by atomic mass is 32.2. The summed E-state index contributed by atoms with van der Waals surface area (Å²) in [6.07, 6.45) is 1.68. The molecule has 1 heterocycles. The number of para-hydroxylation sites is 1. The van der Waals surface area contributed by atoms with E-state index < -0.39 is 17.8 Å². The number of aryl methyl sites for hydroxylation is 2. The van der Waals surface area contributed by atoms with Crippen molar-refractivity contribution in [1.82, 2.24) is 20.1 Å². The summed E-state index contributed by atoms with van der Waals surface area (Å²) in [6.45, 7) is 9.79. The van der Waals surface area contributed by atoms with Crippen molar-refractivity contribution in [3.63, 3.8) is 0 Å². The van der Waals surface area contributed by atoms with E-state index >= 15 is 0 Å². The summed E-state index contributed by atoms with van der Waals surface area (Å²) in [6, 6.07) is 11.1. The number of rotatable bonds is 9. The van der Waals surface area contributed by atoms with Crippen LogP contribution in [0.15, 0.2) is 60.3 Å². The van der Waals surface area contributed by atoms with Crippen LogP contribution < -0.4 is 10.6 Å². The van der Waals surface area contributed by atoms with Gasteiger partial charge in [0.25, 0.3) is 5.91 Å². The lowest BCUT2D eigenvalue weighted by molar-refractivity contribution is -0.113. The average Bonchev–Trinajstić information content (AvgIpc) is 3.18. The third kappa shape index (κ3) is 5.87. The number of nitrogens with one attached hydrogen (secondary N) is 2. The summed E-state index contributed by atoms with van der Waals surface area (Å²) < 4.78 is 15.7. The number of amides is 2. The number of hydrogen-bond donors (Lipinski definition) is 2. The molecule has 0 radical (unpaired) electrons. The first kappa shape index (κ1) is 24.2. The van der Waals surface area contributed by atoms with Gasteiger partial charge >= 0.3 is 0 Å². The van der Waals surface area contributed by atoms with E-state index in [1.807, 2.05) is 32.0 Å². The van der Waals surface area contributed by atoms with Gasteiger partial charge in [0.05, 0.1) is 17.4 Å². The van der Waals surface area contributed by atoms with Crippen molar-refractivity contribution in [2.24, 2.45) is 0 Å². The van der Waals surface area contributed by atoms with E-state index in [2.05, 4.69) is 27.4 Å². The van der Waals surface area contributed by atoms with Crippen molar-refractivity contribution in [1.29, 1.82) is 0 Å². The molecule has 0 aliphatic heterocycles. The maximum Gasteiger partial charge on any atom is 0.254 e. The molecule has 2 N–H and O–H groups in total. The van der Waals surface area contributed by atoms with Crippen LogP contribution in [0.25, 0.3) is 0 Å². The first-order chi connectivity index (χ1) is 15.8. The van der Waals surface area contributed by atoms with Gasteiger partial charge < -0.3 is 15.2 Å². The van der Waals surface area contributed by atoms with Gasteiger partial charge in [0.1, 0.15) is 5.82 Å². The molecule has 2 amide bonds. The number of halogens is 1. The lowest BCUT2D eigenvalue weighted by atomic mass is 10.1. The van der Waals surface area contributed by atoms with Crippen molar-refractivity contribution in [3.05, 3.63) is 83.5 Å². The molecular weight excluding hydrogens is 441 g/mol. The molecule has 1 unspecified atom stereocenters. The Balaban J connectivity index is 1.69. The maximum atomic E-state index is 13.9. The number of carbonyl (C=O) groups is 2. The van der Waals surface area contributed by atoms with Gasteiger partial charge in [-0.25, -0.2) is 4.39 Å². The molecule has 3 rings (SSSR count). The van der Waals surface area contributed by atoms with E-state index in [0.717, 1.165) is 16.8 Å². The second-order valence-electron chi connectivity index (χ2n) is 7.52. The molecule has 1 atom stereocenters. The van der Waals surface area contributed by atoms with E-state index in [0.29, 0.717) is 17.5 Å². The Hall–Kier alpha value is -3.46. The zero-order valence-corrected chi connectivity index (χ0v) is 19.6. The second-order valence-corrected chi connectivity index (χ2v) is 8.46. The third-order valence-electron chi connectivity index (χ3n) is 4.99. The first-order valence-electron chi connectivity index (χ1n) is 10.4. The molecule has 0 fully saturated rings. The normalized spacial score (nSPS) is 11.6. The zero-order valence-electron chi connectivity index (χ0n) is 18.8. The predicted molar refractivity (Wildman–Crippen MR) is 128 cm³/mol. The predicted octanol–water partition coefficient (Wildman–Crippen LogP) is 4.44. The van der Waals surface area contributed by atoms with Crippen molar-refractivity contribution in [2.45, 2.75) is 38.5 Å². The van der Waals surface area contributed by atoms with Crippen LogP contribution in [0, 0.1) is 19.7 Å². The van der Waals surface area contributed by atoms with Crippen LogP contribution in [0.3, 0.4) is 0 Å². The molecule has 0 aliphatic rings. The smallest absolute Gasteiger partial charge is 0.254 e. The second kappa shape index (κ2) is 10.9.